The summed E-state index contributed by atoms with van der Waals surface area (Å²) in [5.74, 6) is 0.700. The Morgan fingerprint density at radius 1 is 1.33 bits per heavy atom. The molecule has 1 aliphatic heterocycles. The molecule has 86 valence electrons. The fourth-order valence-electron chi connectivity index (χ4n) is 2.88. The minimum atomic E-state index is 0.320. The zero-order valence-corrected chi connectivity index (χ0v) is 9.45. The Labute approximate surface area is 92.3 Å². The van der Waals surface area contributed by atoms with Gasteiger partial charge in [0.15, 0.2) is 0 Å². The van der Waals surface area contributed by atoms with Crippen molar-refractivity contribution < 1.29 is 9.84 Å². The van der Waals surface area contributed by atoms with E-state index in [0.717, 1.165) is 25.9 Å². The second-order valence-electron chi connectivity index (χ2n) is 4.72. The van der Waals surface area contributed by atoms with E-state index in [-0.39, 0.29) is 0 Å². The number of hydrogen-bond acceptors (Lipinski definition) is 2. The average Bonchev–Trinajstić information content (AvgIpc) is 2.30. The van der Waals surface area contributed by atoms with Gasteiger partial charge in [-0.1, -0.05) is 18.1 Å². The molecular formula is C13H22O2. The van der Waals surface area contributed by atoms with Crippen LogP contribution in [0.15, 0.2) is 11.6 Å². The van der Waals surface area contributed by atoms with Crippen molar-refractivity contribution in [1.82, 2.24) is 0 Å². The lowest BCUT2D eigenvalue weighted by atomic mass is 9.78. The third kappa shape index (κ3) is 2.82. The van der Waals surface area contributed by atoms with Crippen molar-refractivity contribution in [3.8, 4) is 0 Å². The monoisotopic (exact) mass is 210 g/mol. The van der Waals surface area contributed by atoms with Crippen LogP contribution < -0.4 is 0 Å². The maximum Gasteiger partial charge on any atom is 0.0654 e. The van der Waals surface area contributed by atoms with Crippen LogP contribution in [0.25, 0.3) is 0 Å². The van der Waals surface area contributed by atoms with Crippen LogP contribution >= 0.6 is 0 Å². The molecule has 1 N–H and O–H groups in total. The molecule has 2 rings (SSSR count). The van der Waals surface area contributed by atoms with Crippen LogP contribution in [0.3, 0.4) is 0 Å². The highest BCUT2D eigenvalue weighted by atomic mass is 16.5. The summed E-state index contributed by atoms with van der Waals surface area (Å²) in [6.45, 7) is 1.13. The van der Waals surface area contributed by atoms with E-state index >= 15 is 0 Å². The molecule has 0 radical (unpaired) electrons. The van der Waals surface area contributed by atoms with E-state index in [9.17, 15) is 0 Å². The molecule has 1 saturated carbocycles. The molecule has 0 spiro atoms. The van der Waals surface area contributed by atoms with Crippen molar-refractivity contribution in [2.45, 2.75) is 51.0 Å². The quantitative estimate of drug-likeness (QED) is 0.571. The van der Waals surface area contributed by atoms with E-state index in [1.807, 2.05) is 0 Å². The van der Waals surface area contributed by atoms with E-state index in [4.69, 9.17) is 9.84 Å². The minimum Gasteiger partial charge on any atom is -0.396 e. The lowest BCUT2D eigenvalue weighted by Crippen LogP contribution is -2.31. The third-order valence-electron chi connectivity index (χ3n) is 3.71. The number of unbranched alkanes of at least 4 members (excludes halogenated alkanes) is 1. The van der Waals surface area contributed by atoms with Gasteiger partial charge in [-0.25, -0.2) is 0 Å². The van der Waals surface area contributed by atoms with Crippen LogP contribution in [0.2, 0.25) is 0 Å². The molecule has 15 heavy (non-hydrogen) atoms. The second kappa shape index (κ2) is 5.66. The van der Waals surface area contributed by atoms with Gasteiger partial charge in [-0.15, -0.1) is 0 Å². The lowest BCUT2D eigenvalue weighted by molar-refractivity contribution is 0.0113. The first kappa shape index (κ1) is 11.2. The molecular weight excluding hydrogens is 188 g/mol. The van der Waals surface area contributed by atoms with Gasteiger partial charge in [0, 0.05) is 12.5 Å². The number of aliphatic hydroxyl groups is 1. The first-order valence-corrected chi connectivity index (χ1v) is 6.33. The first-order chi connectivity index (χ1) is 7.42. The average molecular weight is 210 g/mol. The second-order valence-corrected chi connectivity index (χ2v) is 4.72. The molecule has 1 aliphatic carbocycles. The summed E-state index contributed by atoms with van der Waals surface area (Å²) in [6.07, 6.45) is 11.2. The number of ether oxygens (including phenoxy) is 1. The SMILES string of the molecule is OCCCC[C@H]1OCC=C2CCCC[C@@H]21. The van der Waals surface area contributed by atoms with Gasteiger partial charge in [-0.05, 0) is 38.5 Å². The van der Waals surface area contributed by atoms with Gasteiger partial charge in [0.05, 0.1) is 12.7 Å². The largest absolute Gasteiger partial charge is 0.396 e. The van der Waals surface area contributed by atoms with Gasteiger partial charge in [-0.3, -0.25) is 0 Å². The van der Waals surface area contributed by atoms with Crippen molar-refractivity contribution >= 4 is 0 Å². The van der Waals surface area contributed by atoms with Gasteiger partial charge in [0.25, 0.3) is 0 Å². The van der Waals surface area contributed by atoms with Crippen LogP contribution in [-0.2, 0) is 4.74 Å². The maximum atomic E-state index is 8.78. The zero-order valence-electron chi connectivity index (χ0n) is 9.45. The number of fused-ring (bicyclic) bond motifs is 1. The smallest absolute Gasteiger partial charge is 0.0654 e. The standard InChI is InChI=1S/C13H22O2/c14-9-4-3-7-13-12-6-2-1-5-11(12)8-10-15-13/h8,12-14H,1-7,9-10H2/t12-,13+/m0/s1. The molecule has 0 amide bonds. The summed E-state index contributed by atoms with van der Waals surface area (Å²) < 4.78 is 5.84. The lowest BCUT2D eigenvalue weighted by Gasteiger charge is -2.36. The summed E-state index contributed by atoms with van der Waals surface area (Å²) in [7, 11) is 0. The molecule has 2 nitrogen and oxygen atoms in total. The number of aliphatic hydroxyl groups excluding tert-OH is 1. The third-order valence-corrected chi connectivity index (χ3v) is 3.71. The van der Waals surface area contributed by atoms with Crippen molar-refractivity contribution in [3.63, 3.8) is 0 Å². The Morgan fingerprint density at radius 3 is 3.13 bits per heavy atom. The van der Waals surface area contributed by atoms with E-state index < -0.39 is 0 Å². The Bertz CT molecular complexity index is 223. The molecule has 0 bridgehead atoms. The number of hydrogen-bond donors (Lipinski definition) is 1. The highest BCUT2D eigenvalue weighted by Crippen LogP contribution is 2.36. The predicted molar refractivity (Wildman–Crippen MR) is 60.7 cm³/mol. The molecule has 0 unspecified atom stereocenters. The highest BCUT2D eigenvalue weighted by molar-refractivity contribution is 5.14. The van der Waals surface area contributed by atoms with Crippen molar-refractivity contribution in [2.75, 3.05) is 13.2 Å². The Kier molecular flexibility index (Phi) is 4.21. The van der Waals surface area contributed by atoms with Crippen LogP contribution in [0.1, 0.15) is 44.9 Å². The Hall–Kier alpha value is -0.340. The molecule has 0 aromatic rings. The van der Waals surface area contributed by atoms with Gasteiger partial charge in [0.2, 0.25) is 0 Å². The van der Waals surface area contributed by atoms with E-state index in [1.165, 1.54) is 25.7 Å². The van der Waals surface area contributed by atoms with Crippen LogP contribution in [0.4, 0.5) is 0 Å². The van der Waals surface area contributed by atoms with E-state index in [2.05, 4.69) is 6.08 Å². The van der Waals surface area contributed by atoms with Crippen LogP contribution in [0.5, 0.6) is 0 Å². The first-order valence-electron chi connectivity index (χ1n) is 6.33. The van der Waals surface area contributed by atoms with Crippen molar-refractivity contribution in [2.24, 2.45) is 5.92 Å². The molecule has 1 heterocycles. The van der Waals surface area contributed by atoms with E-state index in [0.29, 0.717) is 18.6 Å². The van der Waals surface area contributed by atoms with Crippen LogP contribution in [-0.4, -0.2) is 24.4 Å². The molecule has 0 aromatic heterocycles. The normalized spacial score (nSPS) is 30.9. The van der Waals surface area contributed by atoms with Crippen molar-refractivity contribution in [1.29, 1.82) is 0 Å². The molecule has 2 heteroatoms. The molecule has 2 aliphatic rings. The Balaban J connectivity index is 1.86. The molecule has 0 saturated heterocycles. The summed E-state index contributed by atoms with van der Waals surface area (Å²) in [5, 5.41) is 8.78. The summed E-state index contributed by atoms with van der Waals surface area (Å²) in [4.78, 5) is 0. The minimum absolute atomic E-state index is 0.320. The predicted octanol–water partition coefficient (Wildman–Crippen LogP) is 2.66. The highest BCUT2D eigenvalue weighted by Gasteiger charge is 2.29. The fourth-order valence-corrected chi connectivity index (χ4v) is 2.88. The van der Waals surface area contributed by atoms with Crippen LogP contribution in [0, 0.1) is 5.92 Å². The summed E-state index contributed by atoms with van der Waals surface area (Å²) >= 11 is 0. The van der Waals surface area contributed by atoms with Gasteiger partial charge in [0.1, 0.15) is 0 Å². The summed E-state index contributed by atoms with van der Waals surface area (Å²) in [6, 6.07) is 0. The Morgan fingerprint density at radius 2 is 2.27 bits per heavy atom. The zero-order chi connectivity index (χ0) is 10.5. The van der Waals surface area contributed by atoms with Crippen molar-refractivity contribution in [3.05, 3.63) is 11.6 Å². The molecule has 1 fully saturated rings. The van der Waals surface area contributed by atoms with E-state index in [1.54, 1.807) is 5.57 Å². The maximum absolute atomic E-state index is 8.78. The number of rotatable bonds is 4. The fraction of sp³-hybridized carbons (Fsp3) is 0.846. The van der Waals surface area contributed by atoms with Gasteiger partial charge < -0.3 is 9.84 Å². The topological polar surface area (TPSA) is 29.5 Å². The molecule has 2 atom stereocenters. The molecule has 0 aromatic carbocycles. The summed E-state index contributed by atoms with van der Waals surface area (Å²) in [5.41, 5.74) is 1.65. The van der Waals surface area contributed by atoms with Gasteiger partial charge >= 0.3 is 0 Å². The van der Waals surface area contributed by atoms with Gasteiger partial charge in [-0.2, -0.15) is 0 Å².